The summed E-state index contributed by atoms with van der Waals surface area (Å²) in [6.45, 7) is 6.08. The number of carbonyl (C=O) groups is 1. The van der Waals surface area contributed by atoms with Crippen LogP contribution in [-0.2, 0) is 16.8 Å². The topological polar surface area (TPSA) is 20.3 Å². The van der Waals surface area contributed by atoms with E-state index >= 15 is 0 Å². The molecular formula is C25H29NO. The second-order valence-electron chi connectivity index (χ2n) is 7.81. The minimum absolute atomic E-state index is 0.228. The third-order valence-corrected chi connectivity index (χ3v) is 5.73. The molecule has 0 saturated carbocycles. The molecule has 2 heteroatoms. The SMILES string of the molecule is CC(C)C(C=O)(CCN(C)Cc1ccccc1)c1cccc2ccccc12. The molecule has 0 aliphatic heterocycles. The third-order valence-electron chi connectivity index (χ3n) is 5.73. The van der Waals surface area contributed by atoms with Crippen molar-refractivity contribution in [3.8, 4) is 0 Å². The number of benzene rings is 3. The number of hydrogen-bond acceptors (Lipinski definition) is 2. The summed E-state index contributed by atoms with van der Waals surface area (Å²) in [6.07, 6.45) is 2.00. The number of aldehydes is 1. The van der Waals surface area contributed by atoms with Gasteiger partial charge in [0.15, 0.2) is 0 Å². The molecule has 0 aliphatic carbocycles. The minimum atomic E-state index is -0.480. The van der Waals surface area contributed by atoms with Gasteiger partial charge in [0.05, 0.1) is 5.41 Å². The van der Waals surface area contributed by atoms with Crippen LogP contribution in [0.5, 0.6) is 0 Å². The molecule has 3 aromatic carbocycles. The van der Waals surface area contributed by atoms with E-state index in [4.69, 9.17) is 0 Å². The summed E-state index contributed by atoms with van der Waals surface area (Å²) in [5.41, 5.74) is 1.97. The van der Waals surface area contributed by atoms with Crippen LogP contribution in [0.2, 0.25) is 0 Å². The van der Waals surface area contributed by atoms with Gasteiger partial charge in [-0.05, 0) is 47.8 Å². The van der Waals surface area contributed by atoms with Gasteiger partial charge in [-0.15, -0.1) is 0 Å². The summed E-state index contributed by atoms with van der Waals surface area (Å²) in [5, 5.41) is 2.38. The van der Waals surface area contributed by atoms with Gasteiger partial charge in [0.25, 0.3) is 0 Å². The van der Waals surface area contributed by atoms with Crippen LogP contribution in [0, 0.1) is 5.92 Å². The Morgan fingerprint density at radius 2 is 1.59 bits per heavy atom. The Bertz CT molecular complexity index is 882. The van der Waals surface area contributed by atoms with Crippen LogP contribution < -0.4 is 0 Å². The molecule has 3 aromatic rings. The van der Waals surface area contributed by atoms with Gasteiger partial charge >= 0.3 is 0 Å². The molecule has 0 spiro atoms. The van der Waals surface area contributed by atoms with E-state index in [2.05, 4.69) is 92.5 Å². The smallest absolute Gasteiger partial charge is 0.130 e. The molecule has 0 radical (unpaired) electrons. The molecule has 0 N–H and O–H groups in total. The van der Waals surface area contributed by atoms with Crippen molar-refractivity contribution >= 4 is 17.1 Å². The van der Waals surface area contributed by atoms with Crippen molar-refractivity contribution in [2.75, 3.05) is 13.6 Å². The van der Waals surface area contributed by atoms with Gasteiger partial charge in [-0.25, -0.2) is 0 Å². The van der Waals surface area contributed by atoms with Crippen LogP contribution in [0.4, 0.5) is 0 Å². The van der Waals surface area contributed by atoms with Crippen molar-refractivity contribution in [1.82, 2.24) is 4.90 Å². The van der Waals surface area contributed by atoms with Crippen LogP contribution in [0.25, 0.3) is 10.8 Å². The quantitative estimate of drug-likeness (QED) is 0.498. The van der Waals surface area contributed by atoms with Crippen molar-refractivity contribution < 1.29 is 4.79 Å². The van der Waals surface area contributed by atoms with Gasteiger partial charge in [-0.1, -0.05) is 86.6 Å². The van der Waals surface area contributed by atoms with Gasteiger partial charge in [0.2, 0.25) is 0 Å². The zero-order valence-corrected chi connectivity index (χ0v) is 16.6. The third kappa shape index (κ3) is 4.12. The average molecular weight is 360 g/mol. The van der Waals surface area contributed by atoms with Crippen LogP contribution >= 0.6 is 0 Å². The molecule has 3 rings (SSSR count). The Labute approximate surface area is 162 Å². The Morgan fingerprint density at radius 3 is 2.30 bits per heavy atom. The summed E-state index contributed by atoms with van der Waals surface area (Å²) >= 11 is 0. The molecule has 0 aromatic heterocycles. The van der Waals surface area contributed by atoms with E-state index in [1.165, 1.54) is 22.6 Å². The van der Waals surface area contributed by atoms with Gasteiger partial charge in [0, 0.05) is 6.54 Å². The van der Waals surface area contributed by atoms with E-state index in [1.807, 2.05) is 6.07 Å². The second kappa shape index (κ2) is 8.49. The maximum absolute atomic E-state index is 12.5. The number of hydrogen-bond donors (Lipinski definition) is 0. The predicted molar refractivity (Wildman–Crippen MR) is 114 cm³/mol. The number of rotatable bonds is 8. The van der Waals surface area contributed by atoms with E-state index in [0.717, 1.165) is 25.1 Å². The highest BCUT2D eigenvalue weighted by Crippen LogP contribution is 2.38. The lowest BCUT2D eigenvalue weighted by Gasteiger charge is -2.35. The van der Waals surface area contributed by atoms with Crippen LogP contribution in [0.15, 0.2) is 72.8 Å². The highest BCUT2D eigenvalue weighted by Gasteiger charge is 2.36. The first kappa shape index (κ1) is 19.3. The van der Waals surface area contributed by atoms with Gasteiger partial charge in [-0.2, -0.15) is 0 Å². The van der Waals surface area contributed by atoms with E-state index in [0.29, 0.717) is 0 Å². The number of fused-ring (bicyclic) bond motifs is 1. The monoisotopic (exact) mass is 359 g/mol. The molecule has 27 heavy (non-hydrogen) atoms. The first-order valence-corrected chi connectivity index (χ1v) is 9.74. The molecule has 0 heterocycles. The first-order valence-electron chi connectivity index (χ1n) is 9.74. The van der Waals surface area contributed by atoms with Gasteiger partial charge in [-0.3, -0.25) is 0 Å². The van der Waals surface area contributed by atoms with Crippen molar-refractivity contribution in [3.63, 3.8) is 0 Å². The van der Waals surface area contributed by atoms with Crippen LogP contribution in [-0.4, -0.2) is 24.8 Å². The summed E-state index contributed by atoms with van der Waals surface area (Å²) in [4.78, 5) is 14.8. The molecule has 2 nitrogen and oxygen atoms in total. The summed E-state index contributed by atoms with van der Waals surface area (Å²) in [6, 6.07) is 25.2. The molecule has 140 valence electrons. The Kier molecular flexibility index (Phi) is 6.08. The second-order valence-corrected chi connectivity index (χ2v) is 7.81. The van der Waals surface area contributed by atoms with Crippen molar-refractivity contribution in [1.29, 1.82) is 0 Å². The maximum atomic E-state index is 12.5. The van der Waals surface area contributed by atoms with Crippen LogP contribution in [0.1, 0.15) is 31.4 Å². The number of carbonyl (C=O) groups excluding carboxylic acids is 1. The molecule has 0 bridgehead atoms. The minimum Gasteiger partial charge on any atom is -0.302 e. The molecule has 1 atom stereocenters. The van der Waals surface area contributed by atoms with Gasteiger partial charge in [0.1, 0.15) is 6.29 Å². The zero-order chi connectivity index (χ0) is 19.3. The Morgan fingerprint density at radius 1 is 0.926 bits per heavy atom. The lowest BCUT2D eigenvalue weighted by atomic mass is 9.69. The fourth-order valence-corrected chi connectivity index (χ4v) is 3.97. The molecule has 1 unspecified atom stereocenters. The van der Waals surface area contributed by atoms with Crippen molar-refractivity contribution in [2.45, 2.75) is 32.2 Å². The maximum Gasteiger partial charge on any atom is 0.130 e. The van der Waals surface area contributed by atoms with E-state index in [9.17, 15) is 4.79 Å². The first-order chi connectivity index (χ1) is 13.1. The van der Waals surface area contributed by atoms with Gasteiger partial charge < -0.3 is 9.69 Å². The summed E-state index contributed by atoms with van der Waals surface area (Å²) in [7, 11) is 2.13. The largest absolute Gasteiger partial charge is 0.302 e. The number of nitrogens with zero attached hydrogens (tertiary/aromatic N) is 1. The van der Waals surface area contributed by atoms with E-state index in [1.54, 1.807) is 0 Å². The molecule has 0 saturated heterocycles. The highest BCUT2D eigenvalue weighted by atomic mass is 16.1. The predicted octanol–water partition coefficient (Wildman–Crippen LogP) is 5.45. The Hall–Kier alpha value is -2.45. The molecule has 0 fully saturated rings. The van der Waals surface area contributed by atoms with Crippen LogP contribution in [0.3, 0.4) is 0 Å². The Balaban J connectivity index is 1.88. The van der Waals surface area contributed by atoms with Crippen molar-refractivity contribution in [3.05, 3.63) is 83.9 Å². The standard InChI is InChI=1S/C25H29NO/c1-20(2)25(19-27,16-17-26(3)18-21-10-5-4-6-11-21)24-15-9-13-22-12-7-8-14-23(22)24/h4-15,19-20H,16-18H2,1-3H3. The molecule has 0 aliphatic rings. The normalized spacial score (nSPS) is 13.8. The molecule has 0 amide bonds. The van der Waals surface area contributed by atoms with Crippen molar-refractivity contribution in [2.24, 2.45) is 5.92 Å². The fraction of sp³-hybridized carbons (Fsp3) is 0.320. The van der Waals surface area contributed by atoms with E-state index in [-0.39, 0.29) is 5.92 Å². The highest BCUT2D eigenvalue weighted by molar-refractivity contribution is 5.90. The van der Waals surface area contributed by atoms with E-state index < -0.39 is 5.41 Å². The molecular weight excluding hydrogens is 330 g/mol. The lowest BCUT2D eigenvalue weighted by molar-refractivity contribution is -0.114. The fourth-order valence-electron chi connectivity index (χ4n) is 3.97. The zero-order valence-electron chi connectivity index (χ0n) is 16.6. The summed E-state index contributed by atoms with van der Waals surface area (Å²) in [5.74, 6) is 0.228. The lowest BCUT2D eigenvalue weighted by Crippen LogP contribution is -2.38. The average Bonchev–Trinajstić information content (AvgIpc) is 2.69. The summed E-state index contributed by atoms with van der Waals surface area (Å²) < 4.78 is 0.